The molecular formula is C11H13N. The van der Waals surface area contributed by atoms with Crippen LogP contribution in [0.5, 0.6) is 0 Å². The Morgan fingerprint density at radius 1 is 1.33 bits per heavy atom. The van der Waals surface area contributed by atoms with Crippen LogP contribution in [-0.2, 0) is 0 Å². The van der Waals surface area contributed by atoms with Gasteiger partial charge < -0.3 is 5.32 Å². The van der Waals surface area contributed by atoms with Crippen molar-refractivity contribution in [2.45, 2.75) is 6.92 Å². The van der Waals surface area contributed by atoms with Crippen molar-refractivity contribution < 1.29 is 0 Å². The van der Waals surface area contributed by atoms with Crippen molar-refractivity contribution in [2.24, 2.45) is 0 Å². The van der Waals surface area contributed by atoms with Crippen LogP contribution < -0.4 is 5.32 Å². The average Bonchev–Trinajstić information content (AvgIpc) is 2.06. The molecule has 0 amide bonds. The monoisotopic (exact) mass is 159 g/mol. The van der Waals surface area contributed by atoms with E-state index in [2.05, 4.69) is 11.9 Å². The average molecular weight is 159 g/mol. The molecule has 1 aromatic rings. The second-order valence-corrected chi connectivity index (χ2v) is 2.52. The summed E-state index contributed by atoms with van der Waals surface area (Å²) in [4.78, 5) is 0. The summed E-state index contributed by atoms with van der Waals surface area (Å²) in [5, 5.41) is 3.16. The normalized spacial score (nSPS) is 10.1. The molecule has 1 nitrogen and oxygen atoms in total. The molecule has 0 radical (unpaired) electrons. The zero-order valence-electron chi connectivity index (χ0n) is 7.25. The molecule has 0 atom stereocenters. The topological polar surface area (TPSA) is 12.0 Å². The third-order valence-electron chi connectivity index (χ3n) is 1.45. The molecule has 1 N–H and O–H groups in total. The Hall–Kier alpha value is -1.50. The fourth-order valence-corrected chi connectivity index (χ4v) is 0.950. The maximum absolute atomic E-state index is 3.84. The van der Waals surface area contributed by atoms with Gasteiger partial charge in [0, 0.05) is 11.4 Å². The summed E-state index contributed by atoms with van der Waals surface area (Å²) in [5.41, 5.74) is 1.98. The van der Waals surface area contributed by atoms with E-state index in [-0.39, 0.29) is 0 Å². The van der Waals surface area contributed by atoms with Crippen molar-refractivity contribution in [1.82, 2.24) is 0 Å². The molecule has 12 heavy (non-hydrogen) atoms. The van der Waals surface area contributed by atoms with Crippen LogP contribution in [-0.4, -0.2) is 0 Å². The number of hydrogen-bond donors (Lipinski definition) is 1. The summed E-state index contributed by atoms with van der Waals surface area (Å²) in [6, 6.07) is 9.99. The van der Waals surface area contributed by atoms with E-state index in [9.17, 15) is 0 Å². The molecule has 0 aliphatic rings. The molecule has 1 heteroatoms. The first kappa shape index (κ1) is 8.60. The SMILES string of the molecule is C=C(/C=C\C)Nc1ccccc1. The quantitative estimate of drug-likeness (QED) is 0.668. The number of allylic oxidation sites excluding steroid dienone is 2. The highest BCUT2D eigenvalue weighted by molar-refractivity contribution is 5.49. The Bertz CT molecular complexity index is 272. The van der Waals surface area contributed by atoms with Crippen LogP contribution in [0.2, 0.25) is 0 Å². The smallest absolute Gasteiger partial charge is 0.0384 e. The number of para-hydroxylation sites is 1. The third kappa shape index (κ3) is 2.62. The highest BCUT2D eigenvalue weighted by atomic mass is 14.9. The lowest BCUT2D eigenvalue weighted by atomic mass is 10.3. The van der Waals surface area contributed by atoms with E-state index in [4.69, 9.17) is 0 Å². The first-order valence-electron chi connectivity index (χ1n) is 3.96. The van der Waals surface area contributed by atoms with Gasteiger partial charge in [-0.3, -0.25) is 0 Å². The molecule has 1 aromatic carbocycles. The van der Waals surface area contributed by atoms with Crippen LogP contribution in [0.3, 0.4) is 0 Å². The van der Waals surface area contributed by atoms with Crippen LogP contribution in [0, 0.1) is 0 Å². The first-order chi connectivity index (χ1) is 5.83. The van der Waals surface area contributed by atoms with Crippen molar-refractivity contribution >= 4 is 5.69 Å². The molecule has 0 unspecified atom stereocenters. The molecule has 0 heterocycles. The van der Waals surface area contributed by atoms with Gasteiger partial charge in [0.25, 0.3) is 0 Å². The molecule has 0 aliphatic heterocycles. The van der Waals surface area contributed by atoms with Gasteiger partial charge in [-0.1, -0.05) is 30.9 Å². The van der Waals surface area contributed by atoms with Gasteiger partial charge >= 0.3 is 0 Å². The van der Waals surface area contributed by atoms with Crippen LogP contribution in [0.15, 0.2) is 54.8 Å². The third-order valence-corrected chi connectivity index (χ3v) is 1.45. The maximum Gasteiger partial charge on any atom is 0.0384 e. The largest absolute Gasteiger partial charge is 0.356 e. The summed E-state index contributed by atoms with van der Waals surface area (Å²) < 4.78 is 0. The molecule has 0 aromatic heterocycles. The van der Waals surface area contributed by atoms with Gasteiger partial charge in [-0.05, 0) is 25.1 Å². The van der Waals surface area contributed by atoms with E-state index in [1.54, 1.807) is 0 Å². The van der Waals surface area contributed by atoms with Crippen molar-refractivity contribution in [1.29, 1.82) is 0 Å². The fourth-order valence-electron chi connectivity index (χ4n) is 0.950. The van der Waals surface area contributed by atoms with Crippen LogP contribution >= 0.6 is 0 Å². The van der Waals surface area contributed by atoms with Gasteiger partial charge in [0.15, 0.2) is 0 Å². The molecule has 1 rings (SSSR count). The number of benzene rings is 1. The van der Waals surface area contributed by atoms with Crippen LogP contribution in [0.25, 0.3) is 0 Å². The van der Waals surface area contributed by atoms with E-state index in [0.717, 1.165) is 11.4 Å². The van der Waals surface area contributed by atoms with Crippen molar-refractivity contribution in [2.75, 3.05) is 5.32 Å². The maximum atomic E-state index is 3.84. The molecule has 0 saturated carbocycles. The van der Waals surface area contributed by atoms with Crippen LogP contribution in [0.4, 0.5) is 5.69 Å². The van der Waals surface area contributed by atoms with Crippen molar-refractivity contribution in [3.05, 3.63) is 54.8 Å². The summed E-state index contributed by atoms with van der Waals surface area (Å²) >= 11 is 0. The number of hydrogen-bond acceptors (Lipinski definition) is 1. The summed E-state index contributed by atoms with van der Waals surface area (Å²) in [6.45, 7) is 5.81. The lowest BCUT2D eigenvalue weighted by Crippen LogP contribution is -1.93. The number of rotatable bonds is 3. The zero-order chi connectivity index (χ0) is 8.81. The molecule has 0 fully saturated rings. The summed E-state index contributed by atoms with van der Waals surface area (Å²) in [5.74, 6) is 0. The predicted octanol–water partition coefficient (Wildman–Crippen LogP) is 3.19. The number of anilines is 1. The standard InChI is InChI=1S/C11H13N/c1-3-7-10(2)12-11-8-5-4-6-9-11/h3-9,12H,2H2,1H3/b7-3-. The Labute approximate surface area is 73.4 Å². The minimum atomic E-state index is 0.906. The highest BCUT2D eigenvalue weighted by Gasteiger charge is 1.88. The second kappa shape index (κ2) is 4.39. The number of nitrogens with one attached hydrogen (secondary N) is 1. The Kier molecular flexibility index (Phi) is 3.15. The first-order valence-corrected chi connectivity index (χ1v) is 3.96. The van der Waals surface area contributed by atoms with E-state index >= 15 is 0 Å². The van der Waals surface area contributed by atoms with E-state index in [1.807, 2.05) is 49.4 Å². The highest BCUT2D eigenvalue weighted by Crippen LogP contribution is 2.07. The van der Waals surface area contributed by atoms with Gasteiger partial charge in [-0.25, -0.2) is 0 Å². The molecule has 0 spiro atoms. The second-order valence-electron chi connectivity index (χ2n) is 2.52. The van der Waals surface area contributed by atoms with Gasteiger partial charge in [0.1, 0.15) is 0 Å². The Balaban J connectivity index is 2.59. The van der Waals surface area contributed by atoms with Crippen LogP contribution in [0.1, 0.15) is 6.92 Å². The van der Waals surface area contributed by atoms with E-state index < -0.39 is 0 Å². The summed E-state index contributed by atoms with van der Waals surface area (Å²) in [7, 11) is 0. The van der Waals surface area contributed by atoms with Gasteiger partial charge in [-0.2, -0.15) is 0 Å². The minimum absolute atomic E-state index is 0.906. The van der Waals surface area contributed by atoms with E-state index in [0.29, 0.717) is 0 Å². The lowest BCUT2D eigenvalue weighted by molar-refractivity contribution is 1.48. The molecule has 0 bridgehead atoms. The predicted molar refractivity (Wildman–Crippen MR) is 54.0 cm³/mol. The van der Waals surface area contributed by atoms with Crippen molar-refractivity contribution in [3.8, 4) is 0 Å². The fraction of sp³-hybridized carbons (Fsp3) is 0.0909. The van der Waals surface area contributed by atoms with E-state index in [1.165, 1.54) is 0 Å². The Morgan fingerprint density at radius 2 is 2.00 bits per heavy atom. The molecule has 0 aliphatic carbocycles. The molecular weight excluding hydrogens is 146 g/mol. The molecule has 62 valence electrons. The van der Waals surface area contributed by atoms with Crippen molar-refractivity contribution in [3.63, 3.8) is 0 Å². The van der Waals surface area contributed by atoms with Gasteiger partial charge in [0.05, 0.1) is 0 Å². The lowest BCUT2D eigenvalue weighted by Gasteiger charge is -2.03. The van der Waals surface area contributed by atoms with Gasteiger partial charge in [-0.15, -0.1) is 0 Å². The minimum Gasteiger partial charge on any atom is -0.356 e. The zero-order valence-corrected chi connectivity index (χ0v) is 7.25. The Morgan fingerprint density at radius 3 is 2.58 bits per heavy atom. The van der Waals surface area contributed by atoms with Gasteiger partial charge in [0.2, 0.25) is 0 Å². The molecule has 0 saturated heterocycles. The summed E-state index contributed by atoms with van der Waals surface area (Å²) in [6.07, 6.45) is 3.89.